The molecule has 0 spiro atoms. The van der Waals surface area contributed by atoms with Crippen LogP contribution in [0, 0.1) is 13.8 Å². The van der Waals surface area contributed by atoms with E-state index in [9.17, 15) is 13.2 Å². The summed E-state index contributed by atoms with van der Waals surface area (Å²) in [6, 6.07) is 6.15. The summed E-state index contributed by atoms with van der Waals surface area (Å²) in [7, 11) is 0. The highest BCUT2D eigenvalue weighted by molar-refractivity contribution is 5.94. The Morgan fingerprint density at radius 3 is 2.60 bits per heavy atom. The Bertz CT molecular complexity index is 1060. The fourth-order valence-corrected chi connectivity index (χ4v) is 3.62. The number of nitrogens with one attached hydrogen (secondary N) is 1. The van der Waals surface area contributed by atoms with Crippen LogP contribution in [0.5, 0.6) is 0 Å². The average molecular weight is 417 g/mol. The first-order valence-corrected chi connectivity index (χ1v) is 9.70. The lowest BCUT2D eigenvalue weighted by atomic mass is 10.0. The molecule has 1 aromatic carbocycles. The molecule has 0 radical (unpaired) electrons. The molecule has 1 N–H and O–H groups in total. The van der Waals surface area contributed by atoms with E-state index in [1.54, 1.807) is 12.3 Å². The van der Waals surface area contributed by atoms with Crippen LogP contribution in [-0.2, 0) is 17.5 Å². The Kier molecular flexibility index (Phi) is 5.46. The van der Waals surface area contributed by atoms with Gasteiger partial charge in [-0.15, -0.1) is 5.10 Å². The van der Waals surface area contributed by atoms with E-state index in [1.165, 1.54) is 13.0 Å². The van der Waals surface area contributed by atoms with E-state index in [2.05, 4.69) is 25.4 Å². The normalized spacial score (nSPS) is 14.9. The van der Waals surface area contributed by atoms with Crippen molar-refractivity contribution in [2.24, 2.45) is 0 Å². The number of aryl methyl sites for hydroxylation is 1. The summed E-state index contributed by atoms with van der Waals surface area (Å²) in [5.74, 6) is 1.33. The van der Waals surface area contributed by atoms with Crippen LogP contribution in [0.2, 0.25) is 0 Å². The fraction of sp³-hybridized carbons (Fsp3) is 0.381. The fourth-order valence-electron chi connectivity index (χ4n) is 3.62. The molecule has 1 aliphatic heterocycles. The van der Waals surface area contributed by atoms with E-state index < -0.39 is 11.7 Å². The lowest BCUT2D eigenvalue weighted by Gasteiger charge is -2.28. The third-order valence-electron chi connectivity index (χ3n) is 5.37. The van der Waals surface area contributed by atoms with Crippen molar-refractivity contribution >= 4 is 22.4 Å². The first-order valence-electron chi connectivity index (χ1n) is 9.70. The van der Waals surface area contributed by atoms with Gasteiger partial charge in [0.25, 0.3) is 0 Å². The summed E-state index contributed by atoms with van der Waals surface area (Å²) >= 11 is 0. The van der Waals surface area contributed by atoms with Crippen LogP contribution >= 0.6 is 0 Å². The van der Waals surface area contributed by atoms with Gasteiger partial charge in [0, 0.05) is 36.6 Å². The van der Waals surface area contributed by atoms with Crippen molar-refractivity contribution in [1.82, 2.24) is 15.2 Å². The molecule has 6 nitrogen and oxygen atoms in total. The van der Waals surface area contributed by atoms with E-state index in [-0.39, 0.29) is 12.1 Å². The highest BCUT2D eigenvalue weighted by atomic mass is 19.4. The maximum Gasteiger partial charge on any atom is 0.416 e. The number of fused-ring (bicyclic) bond motifs is 1. The number of anilines is 2. The van der Waals surface area contributed by atoms with Gasteiger partial charge in [-0.1, -0.05) is 12.1 Å². The molecule has 158 valence electrons. The molecule has 1 aliphatic rings. The number of halogens is 3. The van der Waals surface area contributed by atoms with Gasteiger partial charge in [0.05, 0.1) is 24.5 Å². The maximum atomic E-state index is 13.2. The summed E-state index contributed by atoms with van der Waals surface area (Å²) in [6.45, 7) is 6.34. The molecule has 30 heavy (non-hydrogen) atoms. The highest BCUT2D eigenvalue weighted by Crippen LogP contribution is 2.33. The standard InChI is InChI=1S/C21H22F3N5O/c1-13-15(4-3-5-18(13)21(22,23)24)11-26-20-16-10-19(29-6-8-30-9-7-29)25-12-17(16)14(2)27-28-20/h3-5,10,12H,6-9,11H2,1-2H3,(H,26,28). The Morgan fingerprint density at radius 1 is 1.10 bits per heavy atom. The van der Waals surface area contributed by atoms with Crippen LogP contribution in [0.3, 0.4) is 0 Å². The third-order valence-corrected chi connectivity index (χ3v) is 5.37. The minimum atomic E-state index is -4.38. The van der Waals surface area contributed by atoms with Crippen LogP contribution in [-0.4, -0.2) is 41.5 Å². The molecule has 0 bridgehead atoms. The van der Waals surface area contributed by atoms with Gasteiger partial charge >= 0.3 is 6.18 Å². The van der Waals surface area contributed by atoms with Crippen molar-refractivity contribution in [3.63, 3.8) is 0 Å². The second-order valence-corrected chi connectivity index (χ2v) is 7.26. The average Bonchev–Trinajstić information content (AvgIpc) is 2.74. The number of aromatic nitrogens is 3. The molecule has 4 rings (SSSR count). The Labute approximate surface area is 172 Å². The van der Waals surface area contributed by atoms with E-state index in [4.69, 9.17) is 4.74 Å². The Hall–Kier alpha value is -2.94. The third kappa shape index (κ3) is 4.02. The van der Waals surface area contributed by atoms with Gasteiger partial charge in [0.1, 0.15) is 5.82 Å². The molecule has 2 aromatic heterocycles. The molecule has 1 fully saturated rings. The van der Waals surface area contributed by atoms with Crippen molar-refractivity contribution < 1.29 is 17.9 Å². The quantitative estimate of drug-likeness (QED) is 0.689. The largest absolute Gasteiger partial charge is 0.416 e. The van der Waals surface area contributed by atoms with Gasteiger partial charge in [0.2, 0.25) is 0 Å². The van der Waals surface area contributed by atoms with Gasteiger partial charge in [-0.2, -0.15) is 18.3 Å². The molecule has 0 amide bonds. The maximum absolute atomic E-state index is 13.2. The number of pyridine rings is 1. The van der Waals surface area contributed by atoms with E-state index >= 15 is 0 Å². The van der Waals surface area contributed by atoms with Gasteiger partial charge < -0.3 is 15.0 Å². The molecule has 9 heteroatoms. The topological polar surface area (TPSA) is 63.2 Å². The first-order chi connectivity index (χ1) is 14.3. The summed E-state index contributed by atoms with van der Waals surface area (Å²) in [5.41, 5.74) is 0.882. The van der Waals surface area contributed by atoms with Gasteiger partial charge in [-0.3, -0.25) is 0 Å². The second-order valence-electron chi connectivity index (χ2n) is 7.26. The van der Waals surface area contributed by atoms with E-state index in [0.29, 0.717) is 24.6 Å². The minimum Gasteiger partial charge on any atom is -0.378 e. The van der Waals surface area contributed by atoms with Crippen molar-refractivity contribution in [2.45, 2.75) is 26.6 Å². The molecule has 0 atom stereocenters. The van der Waals surface area contributed by atoms with Crippen LogP contribution in [0.1, 0.15) is 22.4 Å². The molecule has 0 saturated carbocycles. The summed E-state index contributed by atoms with van der Waals surface area (Å²) in [4.78, 5) is 6.69. The second kappa shape index (κ2) is 8.06. The van der Waals surface area contributed by atoms with Crippen LogP contribution < -0.4 is 10.2 Å². The van der Waals surface area contributed by atoms with Gasteiger partial charge in [-0.05, 0) is 37.1 Å². The monoisotopic (exact) mass is 417 g/mol. The number of ether oxygens (including phenoxy) is 1. The SMILES string of the molecule is Cc1c(CNc2nnc(C)c3cnc(N4CCOCC4)cc23)cccc1C(F)(F)F. The molecule has 1 saturated heterocycles. The van der Waals surface area contributed by atoms with Crippen molar-refractivity contribution in [2.75, 3.05) is 36.5 Å². The minimum absolute atomic E-state index is 0.206. The zero-order valence-corrected chi connectivity index (χ0v) is 16.8. The van der Waals surface area contributed by atoms with Crippen LogP contribution in [0.25, 0.3) is 10.8 Å². The molecule has 3 heterocycles. The Balaban J connectivity index is 1.65. The van der Waals surface area contributed by atoms with Crippen molar-refractivity contribution in [3.8, 4) is 0 Å². The summed E-state index contributed by atoms with van der Waals surface area (Å²) < 4.78 is 45.0. The van der Waals surface area contributed by atoms with Crippen LogP contribution in [0.4, 0.5) is 24.8 Å². The summed E-state index contributed by atoms with van der Waals surface area (Å²) in [6.07, 6.45) is -2.61. The molecule has 0 unspecified atom stereocenters. The smallest absolute Gasteiger partial charge is 0.378 e. The number of alkyl halides is 3. The van der Waals surface area contributed by atoms with E-state index in [1.807, 2.05) is 13.0 Å². The number of hydrogen-bond acceptors (Lipinski definition) is 6. The van der Waals surface area contributed by atoms with Crippen molar-refractivity contribution in [3.05, 3.63) is 52.8 Å². The Morgan fingerprint density at radius 2 is 1.87 bits per heavy atom. The van der Waals surface area contributed by atoms with Gasteiger partial charge in [-0.25, -0.2) is 4.98 Å². The molecule has 3 aromatic rings. The number of morpholine rings is 1. The lowest BCUT2D eigenvalue weighted by Crippen LogP contribution is -2.36. The van der Waals surface area contributed by atoms with Gasteiger partial charge in [0.15, 0.2) is 5.82 Å². The predicted molar refractivity (Wildman–Crippen MR) is 109 cm³/mol. The zero-order chi connectivity index (χ0) is 21.3. The first kappa shape index (κ1) is 20.3. The molecule has 0 aliphatic carbocycles. The number of benzene rings is 1. The number of rotatable bonds is 4. The molecular formula is C21H22F3N5O. The number of nitrogens with zero attached hydrogens (tertiary/aromatic N) is 4. The molecular weight excluding hydrogens is 395 g/mol. The highest BCUT2D eigenvalue weighted by Gasteiger charge is 2.32. The van der Waals surface area contributed by atoms with E-state index in [0.717, 1.165) is 41.4 Å². The summed E-state index contributed by atoms with van der Waals surface area (Å²) in [5, 5.41) is 13.3. The lowest BCUT2D eigenvalue weighted by molar-refractivity contribution is -0.138. The van der Waals surface area contributed by atoms with Crippen LogP contribution in [0.15, 0.2) is 30.5 Å². The zero-order valence-electron chi connectivity index (χ0n) is 16.8. The van der Waals surface area contributed by atoms with Crippen molar-refractivity contribution in [1.29, 1.82) is 0 Å². The number of hydrogen-bond donors (Lipinski definition) is 1. The predicted octanol–water partition coefficient (Wildman–Crippen LogP) is 4.11.